The lowest BCUT2D eigenvalue weighted by atomic mass is 10.1. The Hall–Kier alpha value is -0.660. The Morgan fingerprint density at radius 1 is 1.50 bits per heavy atom. The Morgan fingerprint density at radius 3 is 3.00 bits per heavy atom. The first-order chi connectivity index (χ1) is 7.70. The van der Waals surface area contributed by atoms with E-state index in [-0.39, 0.29) is 0 Å². The summed E-state index contributed by atoms with van der Waals surface area (Å²) in [7, 11) is 0. The first-order valence-corrected chi connectivity index (χ1v) is 7.20. The summed E-state index contributed by atoms with van der Waals surface area (Å²) in [5.74, 6) is 2.33. The van der Waals surface area contributed by atoms with Crippen LogP contribution in [0.3, 0.4) is 0 Å². The predicted octanol–water partition coefficient (Wildman–Crippen LogP) is 3.26. The van der Waals surface area contributed by atoms with Crippen molar-refractivity contribution in [3.8, 4) is 6.07 Å². The van der Waals surface area contributed by atoms with Gasteiger partial charge in [0.2, 0.25) is 0 Å². The summed E-state index contributed by atoms with van der Waals surface area (Å²) in [6.07, 6.45) is 0. The average molecular weight is 297 g/mol. The topological polar surface area (TPSA) is 27.0 Å². The molecule has 1 unspecified atom stereocenters. The number of benzene rings is 1. The van der Waals surface area contributed by atoms with E-state index in [0.29, 0.717) is 6.04 Å². The smallest absolute Gasteiger partial charge is 0.0992 e. The van der Waals surface area contributed by atoms with Gasteiger partial charge in [0.15, 0.2) is 0 Å². The van der Waals surface area contributed by atoms with Crippen molar-refractivity contribution in [3.05, 3.63) is 28.2 Å². The molecule has 1 heterocycles. The number of halogens is 1. The lowest BCUT2D eigenvalue weighted by Crippen LogP contribution is -2.40. The number of nitriles is 1. The normalized spacial score (nSPS) is 20.6. The van der Waals surface area contributed by atoms with Gasteiger partial charge in [0.05, 0.1) is 11.6 Å². The maximum Gasteiger partial charge on any atom is 0.0992 e. The van der Waals surface area contributed by atoms with Gasteiger partial charge in [-0.15, -0.1) is 0 Å². The molecular weight excluding hydrogens is 284 g/mol. The SMILES string of the molecule is CC1CSCCN1c1cc(Br)cc(C#N)c1. The molecule has 1 fully saturated rings. The van der Waals surface area contributed by atoms with Crippen LogP contribution in [0.5, 0.6) is 0 Å². The quantitative estimate of drug-likeness (QED) is 0.796. The molecule has 2 rings (SSSR count). The molecule has 1 aliphatic heterocycles. The van der Waals surface area contributed by atoms with E-state index in [0.717, 1.165) is 28.0 Å². The van der Waals surface area contributed by atoms with E-state index >= 15 is 0 Å². The molecule has 0 N–H and O–H groups in total. The molecular formula is C12H13BrN2S. The second-order valence-electron chi connectivity index (χ2n) is 3.93. The Labute approximate surface area is 109 Å². The number of anilines is 1. The molecule has 84 valence electrons. The molecule has 1 aromatic carbocycles. The van der Waals surface area contributed by atoms with Gasteiger partial charge < -0.3 is 4.90 Å². The first kappa shape index (κ1) is 11.8. The van der Waals surface area contributed by atoms with Crippen LogP contribution >= 0.6 is 27.7 Å². The number of nitrogens with zero attached hydrogens (tertiary/aromatic N) is 2. The van der Waals surface area contributed by atoms with Crippen LogP contribution in [-0.2, 0) is 0 Å². The average Bonchev–Trinajstić information content (AvgIpc) is 2.28. The van der Waals surface area contributed by atoms with Crippen LogP contribution in [0.25, 0.3) is 0 Å². The largest absolute Gasteiger partial charge is 0.367 e. The monoisotopic (exact) mass is 296 g/mol. The highest BCUT2D eigenvalue weighted by molar-refractivity contribution is 9.10. The molecule has 0 radical (unpaired) electrons. The van der Waals surface area contributed by atoms with Crippen molar-refractivity contribution >= 4 is 33.4 Å². The van der Waals surface area contributed by atoms with Crippen molar-refractivity contribution in [3.63, 3.8) is 0 Å². The second-order valence-corrected chi connectivity index (χ2v) is 5.99. The molecule has 1 aliphatic rings. The van der Waals surface area contributed by atoms with Gasteiger partial charge in [-0.25, -0.2) is 0 Å². The van der Waals surface area contributed by atoms with E-state index in [4.69, 9.17) is 5.26 Å². The maximum atomic E-state index is 8.96. The van der Waals surface area contributed by atoms with Crippen LogP contribution in [-0.4, -0.2) is 24.1 Å². The molecule has 2 nitrogen and oxygen atoms in total. The van der Waals surface area contributed by atoms with Gasteiger partial charge in [0.1, 0.15) is 0 Å². The minimum atomic E-state index is 0.541. The van der Waals surface area contributed by atoms with E-state index in [2.05, 4.69) is 39.9 Å². The molecule has 1 saturated heterocycles. The zero-order chi connectivity index (χ0) is 11.5. The maximum absolute atomic E-state index is 8.96. The van der Waals surface area contributed by atoms with Crippen molar-refractivity contribution < 1.29 is 0 Å². The minimum Gasteiger partial charge on any atom is -0.367 e. The Kier molecular flexibility index (Phi) is 3.78. The number of hydrogen-bond acceptors (Lipinski definition) is 3. The van der Waals surface area contributed by atoms with Crippen LogP contribution < -0.4 is 4.90 Å². The highest BCUT2D eigenvalue weighted by atomic mass is 79.9. The standard InChI is InChI=1S/C12H13BrN2S/c1-9-8-16-3-2-15(9)12-5-10(7-14)4-11(13)6-12/h4-6,9H,2-3,8H2,1H3. The molecule has 4 heteroatoms. The Balaban J connectivity index is 2.32. The van der Waals surface area contributed by atoms with Crippen molar-refractivity contribution in [2.45, 2.75) is 13.0 Å². The Bertz CT molecular complexity index is 428. The summed E-state index contributed by atoms with van der Waals surface area (Å²) < 4.78 is 0.979. The lowest BCUT2D eigenvalue weighted by molar-refractivity contribution is 0.700. The zero-order valence-electron chi connectivity index (χ0n) is 9.11. The summed E-state index contributed by atoms with van der Waals surface area (Å²) >= 11 is 5.45. The van der Waals surface area contributed by atoms with Crippen molar-refractivity contribution in [1.29, 1.82) is 5.26 Å². The van der Waals surface area contributed by atoms with Crippen LogP contribution in [0.2, 0.25) is 0 Å². The number of thioether (sulfide) groups is 1. The van der Waals surface area contributed by atoms with E-state index in [9.17, 15) is 0 Å². The van der Waals surface area contributed by atoms with Gasteiger partial charge in [-0.05, 0) is 25.1 Å². The zero-order valence-corrected chi connectivity index (χ0v) is 11.5. The molecule has 0 amide bonds. The number of rotatable bonds is 1. The summed E-state index contributed by atoms with van der Waals surface area (Å²) in [4.78, 5) is 2.38. The molecule has 0 aliphatic carbocycles. The van der Waals surface area contributed by atoms with Crippen LogP contribution in [0.15, 0.2) is 22.7 Å². The summed E-state index contributed by atoms with van der Waals surface area (Å²) in [5, 5.41) is 8.96. The minimum absolute atomic E-state index is 0.541. The lowest BCUT2D eigenvalue weighted by Gasteiger charge is -2.35. The molecule has 0 bridgehead atoms. The van der Waals surface area contributed by atoms with Crippen LogP contribution in [0.4, 0.5) is 5.69 Å². The van der Waals surface area contributed by atoms with Crippen molar-refractivity contribution in [1.82, 2.24) is 0 Å². The highest BCUT2D eigenvalue weighted by Crippen LogP contribution is 2.27. The van der Waals surface area contributed by atoms with Crippen LogP contribution in [0, 0.1) is 11.3 Å². The molecule has 0 spiro atoms. The second kappa shape index (κ2) is 5.11. The fraction of sp³-hybridized carbons (Fsp3) is 0.417. The van der Waals surface area contributed by atoms with Crippen molar-refractivity contribution in [2.75, 3.05) is 23.0 Å². The summed E-state index contributed by atoms with van der Waals surface area (Å²) in [6, 6.07) is 8.66. The van der Waals surface area contributed by atoms with Gasteiger partial charge in [-0.3, -0.25) is 0 Å². The first-order valence-electron chi connectivity index (χ1n) is 5.26. The molecule has 0 aromatic heterocycles. The van der Waals surface area contributed by atoms with Gasteiger partial charge in [0.25, 0.3) is 0 Å². The Morgan fingerprint density at radius 2 is 2.31 bits per heavy atom. The summed E-state index contributed by atoms with van der Waals surface area (Å²) in [5.41, 5.74) is 1.87. The number of hydrogen-bond donors (Lipinski definition) is 0. The van der Waals surface area contributed by atoms with E-state index in [1.165, 1.54) is 5.75 Å². The molecule has 0 saturated carbocycles. The van der Waals surface area contributed by atoms with Gasteiger partial charge in [-0.1, -0.05) is 15.9 Å². The van der Waals surface area contributed by atoms with Crippen molar-refractivity contribution in [2.24, 2.45) is 0 Å². The molecule has 1 aromatic rings. The van der Waals surface area contributed by atoms with Crippen LogP contribution in [0.1, 0.15) is 12.5 Å². The van der Waals surface area contributed by atoms with Gasteiger partial charge in [-0.2, -0.15) is 17.0 Å². The highest BCUT2D eigenvalue weighted by Gasteiger charge is 2.19. The molecule has 16 heavy (non-hydrogen) atoms. The fourth-order valence-corrected chi connectivity index (χ4v) is 3.41. The third kappa shape index (κ3) is 2.53. The van der Waals surface area contributed by atoms with E-state index in [1.54, 1.807) is 0 Å². The van der Waals surface area contributed by atoms with Gasteiger partial charge in [0, 0.05) is 34.3 Å². The predicted molar refractivity (Wildman–Crippen MR) is 73.0 cm³/mol. The fourth-order valence-electron chi connectivity index (χ4n) is 1.92. The third-order valence-corrected chi connectivity index (χ3v) is 4.36. The molecule has 1 atom stereocenters. The van der Waals surface area contributed by atoms with E-state index in [1.807, 2.05) is 23.9 Å². The third-order valence-electron chi connectivity index (χ3n) is 2.71. The van der Waals surface area contributed by atoms with E-state index < -0.39 is 0 Å². The van der Waals surface area contributed by atoms with Gasteiger partial charge >= 0.3 is 0 Å². The summed E-state index contributed by atoms with van der Waals surface area (Å²) in [6.45, 7) is 3.30.